The maximum atomic E-state index is 12.9. The number of benzene rings is 1. The predicted molar refractivity (Wildman–Crippen MR) is 87.0 cm³/mol. The first-order valence-corrected chi connectivity index (χ1v) is 9.49. The summed E-state index contributed by atoms with van der Waals surface area (Å²) in [6.07, 6.45) is 3.50. The van der Waals surface area contributed by atoms with Crippen molar-refractivity contribution in [2.24, 2.45) is 10.8 Å². The summed E-state index contributed by atoms with van der Waals surface area (Å²) in [5.41, 5.74) is 4.42. The van der Waals surface area contributed by atoms with Crippen molar-refractivity contribution >= 4 is 10.0 Å². The molecule has 2 bridgehead atoms. The highest BCUT2D eigenvalue weighted by Crippen LogP contribution is 2.66. The van der Waals surface area contributed by atoms with Gasteiger partial charge in [0.2, 0.25) is 10.0 Å². The van der Waals surface area contributed by atoms with Crippen molar-refractivity contribution in [2.45, 2.75) is 44.9 Å². The second-order valence-corrected chi connectivity index (χ2v) is 9.65. The van der Waals surface area contributed by atoms with Crippen molar-refractivity contribution in [1.82, 2.24) is 4.31 Å². The molecular weight excluding hydrogens is 294 g/mol. The van der Waals surface area contributed by atoms with Gasteiger partial charge in [-0.3, -0.25) is 0 Å². The summed E-state index contributed by atoms with van der Waals surface area (Å²) in [4.78, 5) is 0.425. The third-order valence-corrected chi connectivity index (χ3v) is 8.16. The molecule has 2 aliphatic carbocycles. The van der Waals surface area contributed by atoms with E-state index in [0.717, 1.165) is 18.4 Å². The Morgan fingerprint density at radius 1 is 1.09 bits per heavy atom. The molecule has 1 heterocycles. The summed E-state index contributed by atoms with van der Waals surface area (Å²) < 4.78 is 27.6. The molecule has 22 heavy (non-hydrogen) atoms. The average molecular weight is 317 g/mol. The summed E-state index contributed by atoms with van der Waals surface area (Å²) in [6.45, 7) is 7.81. The van der Waals surface area contributed by atoms with E-state index in [1.807, 2.05) is 19.1 Å². The van der Waals surface area contributed by atoms with Gasteiger partial charge in [-0.2, -0.15) is 4.31 Å². The maximum absolute atomic E-state index is 12.9. The fourth-order valence-corrected chi connectivity index (χ4v) is 6.39. The van der Waals surface area contributed by atoms with E-state index in [0.29, 0.717) is 23.4 Å². The van der Waals surface area contributed by atoms with E-state index in [2.05, 4.69) is 13.8 Å². The molecule has 2 atom stereocenters. The Kier molecular flexibility index (Phi) is 2.78. The standard InChI is InChI=1S/C18H23NO2S/c1-13-4-6-15(7-5-13)22(20,21)19-10-16-14(2)17(3)8-9-18(16,11-17)12-19/h4-7H,8-12H2,1-3H3/t17-,18+/m1/s1. The van der Waals surface area contributed by atoms with Crippen LogP contribution in [-0.4, -0.2) is 25.8 Å². The normalized spacial score (nSPS) is 34.5. The molecule has 0 radical (unpaired) electrons. The zero-order valence-corrected chi connectivity index (χ0v) is 14.3. The number of hydrogen-bond acceptors (Lipinski definition) is 2. The molecule has 0 aromatic heterocycles. The van der Waals surface area contributed by atoms with Crippen LogP contribution in [0.1, 0.15) is 38.7 Å². The van der Waals surface area contributed by atoms with Gasteiger partial charge in [0.15, 0.2) is 0 Å². The molecule has 0 unspecified atom stereocenters. The van der Waals surface area contributed by atoms with Gasteiger partial charge >= 0.3 is 0 Å². The zero-order valence-electron chi connectivity index (χ0n) is 13.5. The molecule has 2 fully saturated rings. The van der Waals surface area contributed by atoms with Gasteiger partial charge < -0.3 is 0 Å². The summed E-state index contributed by atoms with van der Waals surface area (Å²) in [6, 6.07) is 7.21. The van der Waals surface area contributed by atoms with Crippen molar-refractivity contribution < 1.29 is 8.42 Å². The average Bonchev–Trinajstić information content (AvgIpc) is 3.06. The highest BCUT2D eigenvalue weighted by atomic mass is 32.2. The quantitative estimate of drug-likeness (QED) is 0.783. The highest BCUT2D eigenvalue weighted by molar-refractivity contribution is 7.89. The van der Waals surface area contributed by atoms with E-state index in [1.165, 1.54) is 17.6 Å². The first-order chi connectivity index (χ1) is 10.3. The molecule has 1 saturated heterocycles. The van der Waals surface area contributed by atoms with E-state index in [4.69, 9.17) is 0 Å². The van der Waals surface area contributed by atoms with Crippen LogP contribution in [0.25, 0.3) is 0 Å². The molecule has 118 valence electrons. The lowest BCUT2D eigenvalue weighted by atomic mass is 9.80. The first kappa shape index (κ1) is 14.5. The molecule has 3 nitrogen and oxygen atoms in total. The fraction of sp³-hybridized carbons (Fsp3) is 0.556. The minimum Gasteiger partial charge on any atom is -0.207 e. The van der Waals surface area contributed by atoms with E-state index >= 15 is 0 Å². The van der Waals surface area contributed by atoms with Crippen LogP contribution in [0.5, 0.6) is 0 Å². The molecule has 1 saturated carbocycles. The molecule has 0 N–H and O–H groups in total. The van der Waals surface area contributed by atoms with Crippen molar-refractivity contribution in [3.63, 3.8) is 0 Å². The Bertz CT molecular complexity index is 778. The number of sulfonamides is 1. The minimum atomic E-state index is -3.37. The Morgan fingerprint density at radius 3 is 2.41 bits per heavy atom. The van der Waals surface area contributed by atoms with Crippen LogP contribution in [0.3, 0.4) is 0 Å². The van der Waals surface area contributed by atoms with Crippen LogP contribution in [0.2, 0.25) is 0 Å². The van der Waals surface area contributed by atoms with Crippen LogP contribution in [0.4, 0.5) is 0 Å². The molecule has 1 aromatic rings. The third kappa shape index (κ3) is 1.74. The van der Waals surface area contributed by atoms with Crippen molar-refractivity contribution in [2.75, 3.05) is 13.1 Å². The topological polar surface area (TPSA) is 37.4 Å². The SMILES string of the molecule is CC1=C2CN(S(=O)(=O)c3ccc(C)cc3)C[C@@]23CC[C@]1(C)C3. The monoisotopic (exact) mass is 317 g/mol. The van der Waals surface area contributed by atoms with Gasteiger partial charge in [0.1, 0.15) is 0 Å². The molecule has 1 aliphatic heterocycles. The number of allylic oxidation sites excluding steroid dienone is 1. The van der Waals surface area contributed by atoms with E-state index in [1.54, 1.807) is 16.4 Å². The summed E-state index contributed by atoms with van der Waals surface area (Å²) >= 11 is 0. The largest absolute Gasteiger partial charge is 0.243 e. The Labute approximate surface area is 133 Å². The number of nitrogens with zero attached hydrogens (tertiary/aromatic N) is 1. The Hall–Kier alpha value is -1.13. The van der Waals surface area contributed by atoms with Crippen molar-refractivity contribution in [3.05, 3.63) is 41.0 Å². The van der Waals surface area contributed by atoms with Gasteiger partial charge in [-0.25, -0.2) is 8.42 Å². The number of hydrogen-bond donors (Lipinski definition) is 0. The van der Waals surface area contributed by atoms with Crippen LogP contribution in [-0.2, 0) is 10.0 Å². The fourth-order valence-electron chi connectivity index (χ4n) is 4.89. The number of rotatable bonds is 2. The maximum Gasteiger partial charge on any atom is 0.243 e. The first-order valence-electron chi connectivity index (χ1n) is 8.05. The van der Waals surface area contributed by atoms with E-state index in [-0.39, 0.29) is 5.41 Å². The lowest BCUT2D eigenvalue weighted by Crippen LogP contribution is -2.31. The van der Waals surface area contributed by atoms with Gasteiger partial charge in [-0.05, 0) is 56.2 Å². The van der Waals surface area contributed by atoms with E-state index in [9.17, 15) is 8.42 Å². The van der Waals surface area contributed by atoms with E-state index < -0.39 is 10.0 Å². The van der Waals surface area contributed by atoms with Crippen LogP contribution < -0.4 is 0 Å². The van der Waals surface area contributed by atoms with Gasteiger partial charge in [-0.15, -0.1) is 0 Å². The summed E-state index contributed by atoms with van der Waals surface area (Å²) in [5.74, 6) is 0. The van der Waals surface area contributed by atoms with Gasteiger partial charge in [0.25, 0.3) is 0 Å². The Balaban J connectivity index is 1.71. The third-order valence-electron chi connectivity index (χ3n) is 6.35. The molecule has 4 heteroatoms. The zero-order chi connectivity index (χ0) is 15.8. The Morgan fingerprint density at radius 2 is 1.77 bits per heavy atom. The molecule has 1 spiro atoms. The lowest BCUT2D eigenvalue weighted by molar-refractivity contribution is 0.337. The minimum absolute atomic E-state index is 0.136. The second kappa shape index (κ2) is 4.24. The number of aryl methyl sites for hydroxylation is 1. The lowest BCUT2D eigenvalue weighted by Gasteiger charge is -2.25. The van der Waals surface area contributed by atoms with Crippen LogP contribution in [0, 0.1) is 17.8 Å². The van der Waals surface area contributed by atoms with Gasteiger partial charge in [0, 0.05) is 18.5 Å². The molecular formula is C18H23NO2S. The second-order valence-electron chi connectivity index (χ2n) is 7.71. The van der Waals surface area contributed by atoms with Gasteiger partial charge in [0.05, 0.1) is 4.90 Å². The molecule has 4 rings (SSSR count). The van der Waals surface area contributed by atoms with Crippen molar-refractivity contribution in [3.8, 4) is 0 Å². The number of fused-ring (bicyclic) bond motifs is 1. The smallest absolute Gasteiger partial charge is 0.207 e. The van der Waals surface area contributed by atoms with Crippen LogP contribution >= 0.6 is 0 Å². The molecule has 1 aromatic carbocycles. The summed E-state index contributed by atoms with van der Waals surface area (Å²) in [5, 5.41) is 0. The highest BCUT2D eigenvalue weighted by Gasteiger charge is 2.60. The van der Waals surface area contributed by atoms with Gasteiger partial charge in [-0.1, -0.05) is 30.2 Å². The van der Waals surface area contributed by atoms with Crippen molar-refractivity contribution in [1.29, 1.82) is 0 Å². The predicted octanol–water partition coefficient (Wildman–Crippen LogP) is 3.51. The van der Waals surface area contributed by atoms with Crippen LogP contribution in [0.15, 0.2) is 40.3 Å². The molecule has 0 amide bonds. The molecule has 3 aliphatic rings. The summed E-state index contributed by atoms with van der Waals surface area (Å²) in [7, 11) is -3.37.